The van der Waals surface area contributed by atoms with Crippen LogP contribution < -0.4 is 10.6 Å². The zero-order valence-electron chi connectivity index (χ0n) is 14.4. The number of rotatable bonds is 7. The first kappa shape index (κ1) is 19.9. The molecule has 2 heterocycles. The largest absolute Gasteiger partial charge is 0.348 e. The number of halogens is 1. The molecule has 0 bridgehead atoms. The highest BCUT2D eigenvalue weighted by atomic mass is 35.5. The fourth-order valence-electron chi connectivity index (χ4n) is 2.83. The molecule has 1 amide bonds. The molecule has 0 saturated carbocycles. The Bertz CT molecular complexity index is 471. The molecular formula is C16H30ClN5O. The van der Waals surface area contributed by atoms with Crippen LogP contribution >= 0.6 is 12.4 Å². The van der Waals surface area contributed by atoms with Gasteiger partial charge in [-0.05, 0) is 45.2 Å². The molecule has 6 nitrogen and oxygen atoms in total. The summed E-state index contributed by atoms with van der Waals surface area (Å²) in [5.41, 5.74) is 0.425. The van der Waals surface area contributed by atoms with E-state index in [9.17, 15) is 4.79 Å². The Labute approximate surface area is 145 Å². The van der Waals surface area contributed by atoms with E-state index in [4.69, 9.17) is 0 Å². The number of carbonyl (C=O) groups is 1. The van der Waals surface area contributed by atoms with E-state index in [1.54, 1.807) is 6.20 Å². The van der Waals surface area contributed by atoms with Crippen molar-refractivity contribution >= 4 is 18.3 Å². The van der Waals surface area contributed by atoms with Crippen molar-refractivity contribution in [2.45, 2.75) is 65.0 Å². The van der Waals surface area contributed by atoms with Crippen LogP contribution in [-0.2, 0) is 0 Å². The SMILES string of the molecule is CC(C)CCCC(C)NC(=O)c1cn(C2CCNCC2)nn1.Cl. The second kappa shape index (κ2) is 9.88. The molecule has 1 atom stereocenters. The summed E-state index contributed by atoms with van der Waals surface area (Å²) >= 11 is 0. The molecule has 0 radical (unpaired) electrons. The van der Waals surface area contributed by atoms with Gasteiger partial charge in [0, 0.05) is 6.04 Å². The standard InChI is InChI=1S/C16H29N5O.ClH/c1-12(2)5-4-6-13(3)18-16(22)15-11-21(20-19-15)14-7-9-17-10-8-14;/h11-14,17H,4-10H2,1-3H3,(H,18,22);1H. The van der Waals surface area contributed by atoms with Crippen LogP contribution in [0.15, 0.2) is 6.20 Å². The third kappa shape index (κ3) is 6.47. The molecule has 1 aromatic rings. The maximum absolute atomic E-state index is 12.2. The first-order valence-electron chi connectivity index (χ1n) is 8.49. The summed E-state index contributed by atoms with van der Waals surface area (Å²) in [6.07, 6.45) is 7.21. The normalized spacial score (nSPS) is 16.9. The van der Waals surface area contributed by atoms with Crippen molar-refractivity contribution in [3.63, 3.8) is 0 Å². The zero-order chi connectivity index (χ0) is 15.9. The molecule has 2 rings (SSSR count). The molecule has 7 heteroatoms. The molecule has 1 aliphatic rings. The van der Waals surface area contributed by atoms with Gasteiger partial charge in [-0.15, -0.1) is 17.5 Å². The molecule has 0 spiro atoms. The summed E-state index contributed by atoms with van der Waals surface area (Å²) in [4.78, 5) is 12.2. The van der Waals surface area contributed by atoms with E-state index in [0.29, 0.717) is 17.7 Å². The lowest BCUT2D eigenvalue weighted by Gasteiger charge is -2.22. The molecule has 1 fully saturated rings. The molecule has 132 valence electrons. The summed E-state index contributed by atoms with van der Waals surface area (Å²) in [6.45, 7) is 8.50. The number of hydrogen-bond donors (Lipinski definition) is 2. The van der Waals surface area contributed by atoms with E-state index in [0.717, 1.165) is 38.8 Å². The number of nitrogens with zero attached hydrogens (tertiary/aromatic N) is 3. The topological polar surface area (TPSA) is 71.8 Å². The minimum absolute atomic E-state index is 0. The van der Waals surface area contributed by atoms with Crippen LogP contribution in [0.2, 0.25) is 0 Å². The fraction of sp³-hybridized carbons (Fsp3) is 0.812. The van der Waals surface area contributed by atoms with Crippen molar-refractivity contribution in [1.82, 2.24) is 25.6 Å². The minimum Gasteiger partial charge on any atom is -0.348 e. The average Bonchev–Trinajstić information content (AvgIpc) is 2.97. The van der Waals surface area contributed by atoms with Gasteiger partial charge < -0.3 is 10.6 Å². The van der Waals surface area contributed by atoms with Gasteiger partial charge in [0.1, 0.15) is 0 Å². The van der Waals surface area contributed by atoms with Gasteiger partial charge in [-0.25, -0.2) is 4.68 Å². The number of aromatic nitrogens is 3. The Balaban J connectivity index is 0.00000264. The first-order valence-corrected chi connectivity index (χ1v) is 8.49. The number of amides is 1. The molecule has 1 saturated heterocycles. The Morgan fingerprint density at radius 2 is 2.04 bits per heavy atom. The second-order valence-electron chi connectivity index (χ2n) is 6.76. The van der Waals surface area contributed by atoms with Gasteiger partial charge in [0.2, 0.25) is 0 Å². The Morgan fingerprint density at radius 3 is 2.70 bits per heavy atom. The summed E-state index contributed by atoms with van der Waals surface area (Å²) in [7, 11) is 0. The van der Waals surface area contributed by atoms with Crippen molar-refractivity contribution in [3.8, 4) is 0 Å². The molecule has 1 aromatic heterocycles. The van der Waals surface area contributed by atoms with Gasteiger partial charge in [0.25, 0.3) is 5.91 Å². The van der Waals surface area contributed by atoms with Crippen molar-refractivity contribution < 1.29 is 4.79 Å². The van der Waals surface area contributed by atoms with Crippen LogP contribution in [0.1, 0.15) is 69.4 Å². The smallest absolute Gasteiger partial charge is 0.273 e. The van der Waals surface area contributed by atoms with Crippen molar-refractivity contribution in [1.29, 1.82) is 0 Å². The average molecular weight is 344 g/mol. The van der Waals surface area contributed by atoms with E-state index in [2.05, 4.69) is 41.7 Å². The van der Waals surface area contributed by atoms with Crippen molar-refractivity contribution in [3.05, 3.63) is 11.9 Å². The maximum Gasteiger partial charge on any atom is 0.273 e. The van der Waals surface area contributed by atoms with Gasteiger partial charge >= 0.3 is 0 Å². The molecule has 0 aromatic carbocycles. The van der Waals surface area contributed by atoms with Gasteiger partial charge in [0.15, 0.2) is 5.69 Å². The summed E-state index contributed by atoms with van der Waals surface area (Å²) in [5, 5.41) is 14.5. The molecule has 0 aliphatic carbocycles. The highest BCUT2D eigenvalue weighted by molar-refractivity contribution is 5.92. The first-order chi connectivity index (χ1) is 10.6. The van der Waals surface area contributed by atoms with Gasteiger partial charge in [0.05, 0.1) is 12.2 Å². The maximum atomic E-state index is 12.2. The molecular weight excluding hydrogens is 314 g/mol. The predicted octanol–water partition coefficient (Wildman–Crippen LogP) is 2.57. The Kier molecular flexibility index (Phi) is 8.55. The van der Waals surface area contributed by atoms with Crippen LogP contribution in [0.25, 0.3) is 0 Å². The van der Waals surface area contributed by atoms with E-state index in [1.165, 1.54) is 6.42 Å². The Morgan fingerprint density at radius 1 is 1.35 bits per heavy atom. The van der Waals surface area contributed by atoms with Crippen LogP contribution in [0.4, 0.5) is 0 Å². The third-order valence-corrected chi connectivity index (χ3v) is 4.22. The predicted molar refractivity (Wildman–Crippen MR) is 94.0 cm³/mol. The summed E-state index contributed by atoms with van der Waals surface area (Å²) in [6, 6.07) is 0.536. The molecule has 1 unspecified atom stereocenters. The van der Waals surface area contributed by atoms with Gasteiger partial charge in [-0.3, -0.25) is 4.79 Å². The lowest BCUT2D eigenvalue weighted by atomic mass is 10.0. The minimum atomic E-state index is -0.114. The van der Waals surface area contributed by atoms with E-state index in [1.807, 2.05) is 4.68 Å². The summed E-state index contributed by atoms with van der Waals surface area (Å²) < 4.78 is 1.85. The number of nitrogens with one attached hydrogen (secondary N) is 2. The van der Waals surface area contributed by atoms with E-state index in [-0.39, 0.29) is 24.4 Å². The molecule has 1 aliphatic heterocycles. The van der Waals surface area contributed by atoms with Gasteiger partial charge in [-0.2, -0.15) is 0 Å². The molecule has 23 heavy (non-hydrogen) atoms. The van der Waals surface area contributed by atoms with Crippen LogP contribution in [0.5, 0.6) is 0 Å². The van der Waals surface area contributed by atoms with E-state index < -0.39 is 0 Å². The van der Waals surface area contributed by atoms with Gasteiger partial charge in [-0.1, -0.05) is 31.9 Å². The Hall–Kier alpha value is -1.14. The monoisotopic (exact) mass is 343 g/mol. The number of hydrogen-bond acceptors (Lipinski definition) is 4. The van der Waals surface area contributed by atoms with E-state index >= 15 is 0 Å². The third-order valence-electron chi connectivity index (χ3n) is 4.22. The number of carbonyl (C=O) groups excluding carboxylic acids is 1. The van der Waals surface area contributed by atoms with Crippen LogP contribution in [0.3, 0.4) is 0 Å². The number of piperidine rings is 1. The summed E-state index contributed by atoms with van der Waals surface area (Å²) in [5.74, 6) is 0.602. The molecule has 2 N–H and O–H groups in total. The van der Waals surface area contributed by atoms with Crippen molar-refractivity contribution in [2.24, 2.45) is 5.92 Å². The fourth-order valence-corrected chi connectivity index (χ4v) is 2.83. The highest BCUT2D eigenvalue weighted by Crippen LogP contribution is 2.17. The zero-order valence-corrected chi connectivity index (χ0v) is 15.2. The lowest BCUT2D eigenvalue weighted by molar-refractivity contribution is 0.0932. The van der Waals surface area contributed by atoms with Crippen molar-refractivity contribution in [2.75, 3.05) is 13.1 Å². The quantitative estimate of drug-likeness (QED) is 0.798. The lowest BCUT2D eigenvalue weighted by Crippen LogP contribution is -2.33. The highest BCUT2D eigenvalue weighted by Gasteiger charge is 2.19. The second-order valence-corrected chi connectivity index (χ2v) is 6.76. The van der Waals surface area contributed by atoms with Crippen LogP contribution in [-0.4, -0.2) is 40.0 Å². The van der Waals surface area contributed by atoms with Crippen LogP contribution in [0, 0.1) is 5.92 Å².